The Hall–Kier alpha value is -2.60. The number of nitrogens with zero attached hydrogens (tertiary/aromatic N) is 1. The highest BCUT2D eigenvalue weighted by atomic mass is 32.2. The van der Waals surface area contributed by atoms with Gasteiger partial charge in [-0.15, -0.1) is 4.83 Å². The second-order valence-corrected chi connectivity index (χ2v) is 8.07. The van der Waals surface area contributed by atoms with Crippen LogP contribution in [0.15, 0.2) is 64.5 Å². The molecule has 0 amide bonds. The molecule has 0 aromatic heterocycles. The van der Waals surface area contributed by atoms with Gasteiger partial charge in [0.05, 0.1) is 4.90 Å². The van der Waals surface area contributed by atoms with Crippen LogP contribution < -0.4 is 10.3 Å². The molecule has 0 fully saturated rings. The van der Waals surface area contributed by atoms with Gasteiger partial charge in [-0.2, -0.15) is 26.3 Å². The zero-order valence-corrected chi connectivity index (χ0v) is 16.5. The highest BCUT2D eigenvalue weighted by molar-refractivity contribution is 7.89. The minimum atomic E-state index is -5.74. The third-order valence-corrected chi connectivity index (χ3v) is 5.40. The van der Waals surface area contributed by atoms with Crippen molar-refractivity contribution in [3.05, 3.63) is 54.6 Å². The van der Waals surface area contributed by atoms with Gasteiger partial charge >= 0.3 is 12.4 Å². The molecule has 2 aromatic carbocycles. The summed E-state index contributed by atoms with van der Waals surface area (Å²) >= 11 is 0. The maximum Gasteiger partial charge on any atom is 0.422 e. The molecule has 30 heavy (non-hydrogen) atoms. The Balaban J connectivity index is 2.18. The standard InChI is InChI=1S/C18H17F6N3O2S/c1-12(25-16(2,17(19,20)21)18(22,23)24)26-27-30(28,29)15-10-8-14(9-11-15)13-6-4-3-5-7-13/h3-11,27H,1-2H3,(H,25,26). The predicted octanol–water partition coefficient (Wildman–Crippen LogP) is 4.44. The number of hydrogen-bond donors (Lipinski definition) is 2. The average molecular weight is 453 g/mol. The highest BCUT2D eigenvalue weighted by Gasteiger charge is 2.68. The Labute approximate surface area is 168 Å². The van der Waals surface area contributed by atoms with E-state index in [-0.39, 0.29) is 11.8 Å². The number of amidine groups is 1. The molecule has 0 unspecified atom stereocenters. The third kappa shape index (κ3) is 5.11. The summed E-state index contributed by atoms with van der Waals surface area (Å²) in [4.78, 5) is 4.09. The Morgan fingerprint density at radius 3 is 1.77 bits per heavy atom. The molecule has 2 N–H and O–H groups in total. The monoisotopic (exact) mass is 453 g/mol. The molecule has 0 radical (unpaired) electrons. The maximum atomic E-state index is 12.9. The molecule has 0 aliphatic carbocycles. The first-order valence-corrected chi connectivity index (χ1v) is 9.79. The van der Waals surface area contributed by atoms with E-state index in [0.29, 0.717) is 5.56 Å². The van der Waals surface area contributed by atoms with Crippen LogP contribution in [0.1, 0.15) is 13.8 Å². The van der Waals surface area contributed by atoms with E-state index >= 15 is 0 Å². The third-order valence-electron chi connectivity index (χ3n) is 4.13. The van der Waals surface area contributed by atoms with E-state index in [9.17, 15) is 34.8 Å². The van der Waals surface area contributed by atoms with Crippen molar-refractivity contribution < 1.29 is 34.8 Å². The molecular weight excluding hydrogens is 436 g/mol. The molecule has 0 heterocycles. The molecule has 5 nitrogen and oxygen atoms in total. The van der Waals surface area contributed by atoms with Crippen LogP contribution in [-0.4, -0.2) is 32.1 Å². The summed E-state index contributed by atoms with van der Waals surface area (Å²) in [6.45, 7) is 0.631. The van der Waals surface area contributed by atoms with Gasteiger partial charge in [-0.1, -0.05) is 42.5 Å². The van der Waals surface area contributed by atoms with E-state index in [1.807, 2.05) is 6.07 Å². The lowest BCUT2D eigenvalue weighted by molar-refractivity contribution is -0.289. The van der Waals surface area contributed by atoms with Crippen LogP contribution in [0.3, 0.4) is 0 Å². The molecule has 12 heteroatoms. The second kappa shape index (κ2) is 8.26. The van der Waals surface area contributed by atoms with Crippen molar-refractivity contribution in [2.24, 2.45) is 4.99 Å². The molecule has 2 rings (SSSR count). The molecule has 2 aromatic rings. The first-order chi connectivity index (χ1) is 13.7. The number of hydrogen-bond acceptors (Lipinski definition) is 3. The molecule has 0 saturated heterocycles. The van der Waals surface area contributed by atoms with Crippen LogP contribution in [0.4, 0.5) is 26.3 Å². The summed E-state index contributed by atoms with van der Waals surface area (Å²) in [6, 6.07) is 14.5. The smallest absolute Gasteiger partial charge is 0.296 e. The van der Waals surface area contributed by atoms with Crippen molar-refractivity contribution >= 4 is 15.9 Å². The van der Waals surface area contributed by atoms with Crippen molar-refractivity contribution in [1.29, 1.82) is 0 Å². The SMILES string of the molecule is CC(=NC(C)(C(F)(F)F)C(F)(F)F)NNS(=O)(=O)c1ccc(-c2ccccc2)cc1. The molecule has 0 aliphatic rings. The van der Waals surface area contributed by atoms with Gasteiger partial charge in [0.1, 0.15) is 5.84 Å². The van der Waals surface area contributed by atoms with E-state index in [2.05, 4.69) is 4.99 Å². The summed E-state index contributed by atoms with van der Waals surface area (Å²) in [5, 5.41) is 0. The summed E-state index contributed by atoms with van der Waals surface area (Å²) in [5.41, 5.74) is -1.08. The topological polar surface area (TPSA) is 70.6 Å². The normalized spacial score (nSPS) is 13.9. The van der Waals surface area contributed by atoms with Gasteiger partial charge in [0, 0.05) is 0 Å². The number of alkyl halides is 6. The minimum Gasteiger partial charge on any atom is -0.296 e. The Kier molecular flexibility index (Phi) is 6.52. The Morgan fingerprint density at radius 2 is 1.30 bits per heavy atom. The predicted molar refractivity (Wildman–Crippen MR) is 99.0 cm³/mol. The van der Waals surface area contributed by atoms with E-state index in [1.165, 1.54) is 24.3 Å². The molecule has 0 saturated carbocycles. The van der Waals surface area contributed by atoms with Crippen molar-refractivity contribution in [1.82, 2.24) is 10.3 Å². The molecule has 164 valence electrons. The first-order valence-electron chi connectivity index (χ1n) is 8.30. The van der Waals surface area contributed by atoms with E-state index in [1.54, 1.807) is 34.5 Å². The van der Waals surface area contributed by atoms with Crippen molar-refractivity contribution in [3.8, 4) is 11.1 Å². The number of halogens is 6. The fraction of sp³-hybridized carbons (Fsp3) is 0.278. The molecular formula is C18H17F6N3O2S. The summed E-state index contributed by atoms with van der Waals surface area (Å²) < 4.78 is 102. The average Bonchev–Trinajstić information content (AvgIpc) is 2.65. The number of hydrazine groups is 1. The van der Waals surface area contributed by atoms with Gasteiger partial charge in [-0.05, 0) is 37.1 Å². The molecule has 0 atom stereocenters. The number of benzene rings is 2. The highest BCUT2D eigenvalue weighted by Crippen LogP contribution is 2.45. The van der Waals surface area contributed by atoms with Gasteiger partial charge in [-0.3, -0.25) is 5.43 Å². The molecule has 0 bridgehead atoms. The zero-order chi connectivity index (χ0) is 22.8. The lowest BCUT2D eigenvalue weighted by Crippen LogP contribution is -2.54. The van der Waals surface area contributed by atoms with Crippen LogP contribution in [-0.2, 0) is 10.0 Å². The van der Waals surface area contributed by atoms with Gasteiger partial charge < -0.3 is 0 Å². The second-order valence-electron chi connectivity index (χ2n) is 6.39. The summed E-state index contributed by atoms with van der Waals surface area (Å²) in [5.74, 6) is -0.920. The minimum absolute atomic E-state index is 0.144. The lowest BCUT2D eigenvalue weighted by atomic mass is 10.0. The largest absolute Gasteiger partial charge is 0.422 e. The van der Waals surface area contributed by atoms with Gasteiger partial charge in [0.25, 0.3) is 10.0 Å². The van der Waals surface area contributed by atoms with Crippen LogP contribution in [0.2, 0.25) is 0 Å². The number of rotatable bonds is 5. The quantitative estimate of drug-likeness (QED) is 0.304. The molecule has 0 spiro atoms. The van der Waals surface area contributed by atoms with Gasteiger partial charge in [0.2, 0.25) is 5.54 Å². The van der Waals surface area contributed by atoms with Crippen LogP contribution in [0.25, 0.3) is 11.1 Å². The van der Waals surface area contributed by atoms with Crippen LogP contribution in [0, 0.1) is 0 Å². The van der Waals surface area contributed by atoms with Crippen molar-refractivity contribution in [3.63, 3.8) is 0 Å². The molecule has 0 aliphatic heterocycles. The van der Waals surface area contributed by atoms with Gasteiger partial charge in [-0.25, -0.2) is 13.4 Å². The first kappa shape index (κ1) is 23.7. The van der Waals surface area contributed by atoms with E-state index in [4.69, 9.17) is 0 Å². The summed E-state index contributed by atoms with van der Waals surface area (Å²) in [7, 11) is -4.29. The van der Waals surface area contributed by atoms with Crippen molar-refractivity contribution in [2.45, 2.75) is 36.6 Å². The number of sulfonamides is 1. The number of nitrogens with one attached hydrogen (secondary N) is 2. The summed E-state index contributed by atoms with van der Waals surface area (Å²) in [6.07, 6.45) is -11.5. The fourth-order valence-electron chi connectivity index (χ4n) is 2.31. The maximum absolute atomic E-state index is 12.9. The van der Waals surface area contributed by atoms with Crippen molar-refractivity contribution in [2.75, 3.05) is 0 Å². The van der Waals surface area contributed by atoms with Gasteiger partial charge in [0.15, 0.2) is 0 Å². The van der Waals surface area contributed by atoms with E-state index in [0.717, 1.165) is 12.5 Å². The van der Waals surface area contributed by atoms with E-state index < -0.39 is 33.8 Å². The Morgan fingerprint density at radius 1 is 0.833 bits per heavy atom. The van der Waals surface area contributed by atoms with Crippen LogP contribution in [0.5, 0.6) is 0 Å². The lowest BCUT2D eigenvalue weighted by Gasteiger charge is -2.30. The van der Waals surface area contributed by atoms with Crippen LogP contribution >= 0.6 is 0 Å². The zero-order valence-electron chi connectivity index (χ0n) is 15.6. The Bertz CT molecular complexity index is 987. The fourth-order valence-corrected chi connectivity index (χ4v) is 3.20. The number of aliphatic imine (C=N–C) groups is 1.